The minimum atomic E-state index is -0.599. The molecule has 0 unspecified atom stereocenters. The summed E-state index contributed by atoms with van der Waals surface area (Å²) in [6, 6.07) is 5.97. The average Bonchev–Trinajstić information content (AvgIpc) is 2.29. The lowest BCUT2D eigenvalue weighted by molar-refractivity contribution is 0.0283. The van der Waals surface area contributed by atoms with Crippen LogP contribution in [0.3, 0.4) is 0 Å². The number of hydrogen-bond donors (Lipinski definition) is 0. The first-order valence-electron chi connectivity index (χ1n) is 5.85. The van der Waals surface area contributed by atoms with Gasteiger partial charge in [0, 0.05) is 12.6 Å². The summed E-state index contributed by atoms with van der Waals surface area (Å²) in [5.74, 6) is -0.450. The maximum Gasteiger partial charge on any atom is 0.410 e. The van der Waals surface area contributed by atoms with Crippen LogP contribution < -0.4 is 0 Å². The van der Waals surface area contributed by atoms with Gasteiger partial charge in [0.2, 0.25) is 0 Å². The first-order chi connectivity index (χ1) is 8.73. The molecule has 0 aliphatic rings. The van der Waals surface area contributed by atoms with E-state index in [-0.39, 0.29) is 12.1 Å². The van der Waals surface area contributed by atoms with Crippen molar-refractivity contribution in [2.45, 2.75) is 32.9 Å². The quantitative estimate of drug-likeness (QED) is 0.824. The Labute approximate surface area is 112 Å². The summed E-state index contributed by atoms with van der Waals surface area (Å²) in [7, 11) is 1.52. The van der Waals surface area contributed by atoms with Crippen molar-refractivity contribution in [1.29, 1.82) is 5.26 Å². The zero-order chi connectivity index (χ0) is 14.6. The van der Waals surface area contributed by atoms with E-state index in [1.165, 1.54) is 30.1 Å². The lowest BCUT2D eigenvalue weighted by Gasteiger charge is -2.24. The molecule has 0 fully saturated rings. The molecule has 0 N–H and O–H groups in total. The van der Waals surface area contributed by atoms with Crippen molar-refractivity contribution in [1.82, 2.24) is 4.90 Å². The number of nitrogens with zero attached hydrogens (tertiary/aromatic N) is 2. The third-order valence-corrected chi connectivity index (χ3v) is 2.29. The second-order valence-corrected chi connectivity index (χ2v) is 5.25. The molecule has 0 aromatic heterocycles. The van der Waals surface area contributed by atoms with E-state index >= 15 is 0 Å². The highest BCUT2D eigenvalue weighted by Crippen LogP contribution is 2.14. The van der Waals surface area contributed by atoms with Gasteiger partial charge >= 0.3 is 6.09 Å². The minimum absolute atomic E-state index is 0.0519. The van der Waals surface area contributed by atoms with Crippen LogP contribution in [0.4, 0.5) is 9.18 Å². The van der Waals surface area contributed by atoms with Gasteiger partial charge in [-0.1, -0.05) is 0 Å². The van der Waals surface area contributed by atoms with E-state index in [9.17, 15) is 9.18 Å². The molecule has 0 atom stereocenters. The number of rotatable bonds is 2. The molecule has 19 heavy (non-hydrogen) atoms. The number of carbonyl (C=O) groups excluding carboxylic acids is 1. The van der Waals surface area contributed by atoms with Gasteiger partial charge in [-0.15, -0.1) is 0 Å². The summed E-state index contributed by atoms with van der Waals surface area (Å²) in [4.78, 5) is 13.0. The molecule has 5 heteroatoms. The summed E-state index contributed by atoms with van der Waals surface area (Å²) in [6.45, 7) is 5.33. The fourth-order valence-electron chi connectivity index (χ4n) is 1.43. The van der Waals surface area contributed by atoms with E-state index in [0.29, 0.717) is 5.56 Å². The highest BCUT2D eigenvalue weighted by Gasteiger charge is 2.20. The molecule has 0 bridgehead atoms. The number of ether oxygens (including phenoxy) is 1. The Hall–Kier alpha value is -2.09. The Bertz CT molecular complexity index is 515. The van der Waals surface area contributed by atoms with Crippen LogP contribution in [0.5, 0.6) is 0 Å². The topological polar surface area (TPSA) is 53.3 Å². The smallest absolute Gasteiger partial charge is 0.410 e. The minimum Gasteiger partial charge on any atom is -0.444 e. The number of carbonyl (C=O) groups is 1. The largest absolute Gasteiger partial charge is 0.444 e. The molecule has 0 aliphatic heterocycles. The third kappa shape index (κ3) is 4.59. The van der Waals surface area contributed by atoms with Gasteiger partial charge in [-0.3, -0.25) is 0 Å². The standard InChI is InChI=1S/C14H17FN2O2/c1-14(2,3)19-13(18)17(4)9-11-7-10(8-16)5-6-12(11)15/h5-7H,9H2,1-4H3. The molecule has 0 saturated heterocycles. The molecule has 0 spiro atoms. The fraction of sp³-hybridized carbons (Fsp3) is 0.429. The Kier molecular flexibility index (Phi) is 4.49. The molecular formula is C14H17FN2O2. The van der Waals surface area contributed by atoms with Crippen molar-refractivity contribution in [3.8, 4) is 6.07 Å². The fourth-order valence-corrected chi connectivity index (χ4v) is 1.43. The maximum absolute atomic E-state index is 13.6. The number of amides is 1. The molecule has 1 amide bonds. The summed E-state index contributed by atoms with van der Waals surface area (Å²) in [5, 5.41) is 8.77. The van der Waals surface area contributed by atoms with Crippen LogP contribution >= 0.6 is 0 Å². The Morgan fingerprint density at radius 3 is 2.63 bits per heavy atom. The van der Waals surface area contributed by atoms with Crippen molar-refractivity contribution in [3.63, 3.8) is 0 Å². The Balaban J connectivity index is 2.80. The van der Waals surface area contributed by atoms with Gasteiger partial charge in [-0.05, 0) is 39.0 Å². The Morgan fingerprint density at radius 1 is 1.47 bits per heavy atom. The normalized spacial score (nSPS) is 10.7. The zero-order valence-corrected chi connectivity index (χ0v) is 11.5. The van der Waals surface area contributed by atoms with E-state index in [1.54, 1.807) is 20.8 Å². The second-order valence-electron chi connectivity index (χ2n) is 5.25. The van der Waals surface area contributed by atoms with Gasteiger partial charge in [0.05, 0.1) is 18.2 Å². The van der Waals surface area contributed by atoms with Crippen molar-refractivity contribution >= 4 is 6.09 Å². The Morgan fingerprint density at radius 2 is 2.11 bits per heavy atom. The highest BCUT2D eigenvalue weighted by molar-refractivity contribution is 5.67. The van der Waals surface area contributed by atoms with Crippen LogP contribution in [-0.2, 0) is 11.3 Å². The van der Waals surface area contributed by atoms with Crippen LogP contribution in [-0.4, -0.2) is 23.6 Å². The molecule has 1 rings (SSSR count). The van der Waals surface area contributed by atoms with Gasteiger partial charge in [0.25, 0.3) is 0 Å². The molecule has 1 aromatic rings. The van der Waals surface area contributed by atoms with Crippen LogP contribution in [0.25, 0.3) is 0 Å². The molecule has 0 saturated carbocycles. The van der Waals surface area contributed by atoms with Gasteiger partial charge < -0.3 is 9.64 Å². The highest BCUT2D eigenvalue weighted by atomic mass is 19.1. The summed E-state index contributed by atoms with van der Waals surface area (Å²) in [5.41, 5.74) is 0.0414. The van der Waals surface area contributed by atoms with Crippen molar-refractivity contribution in [3.05, 3.63) is 35.1 Å². The zero-order valence-electron chi connectivity index (χ0n) is 11.5. The maximum atomic E-state index is 13.6. The third-order valence-electron chi connectivity index (χ3n) is 2.29. The van der Waals surface area contributed by atoms with E-state index in [0.717, 1.165) is 0 Å². The number of hydrogen-bond acceptors (Lipinski definition) is 3. The van der Waals surface area contributed by atoms with E-state index in [4.69, 9.17) is 10.00 Å². The SMILES string of the molecule is CN(Cc1cc(C#N)ccc1F)C(=O)OC(C)(C)C. The lowest BCUT2D eigenvalue weighted by Crippen LogP contribution is -2.34. The van der Waals surface area contributed by atoms with Crippen LogP contribution in [0, 0.1) is 17.1 Å². The molecule has 1 aromatic carbocycles. The molecule has 0 aliphatic carbocycles. The van der Waals surface area contributed by atoms with Gasteiger partial charge in [0.1, 0.15) is 11.4 Å². The average molecular weight is 264 g/mol. The van der Waals surface area contributed by atoms with Crippen LogP contribution in [0.2, 0.25) is 0 Å². The van der Waals surface area contributed by atoms with Crippen LogP contribution in [0.15, 0.2) is 18.2 Å². The van der Waals surface area contributed by atoms with E-state index in [1.807, 2.05) is 6.07 Å². The predicted molar refractivity (Wildman–Crippen MR) is 68.8 cm³/mol. The molecule has 0 heterocycles. The molecular weight excluding hydrogens is 247 g/mol. The van der Waals surface area contributed by atoms with E-state index in [2.05, 4.69) is 0 Å². The lowest BCUT2D eigenvalue weighted by atomic mass is 10.1. The summed E-state index contributed by atoms with van der Waals surface area (Å²) >= 11 is 0. The van der Waals surface area contributed by atoms with Crippen molar-refractivity contribution < 1.29 is 13.9 Å². The first-order valence-corrected chi connectivity index (χ1v) is 5.85. The van der Waals surface area contributed by atoms with E-state index < -0.39 is 17.5 Å². The van der Waals surface area contributed by atoms with Crippen molar-refractivity contribution in [2.24, 2.45) is 0 Å². The predicted octanol–water partition coefficient (Wildman–Crippen LogP) is 3.06. The monoisotopic (exact) mass is 264 g/mol. The number of halogens is 1. The summed E-state index contributed by atoms with van der Waals surface area (Å²) in [6.07, 6.45) is -0.533. The molecule has 102 valence electrons. The molecule has 4 nitrogen and oxygen atoms in total. The van der Waals surface area contributed by atoms with Crippen molar-refractivity contribution in [2.75, 3.05) is 7.05 Å². The van der Waals surface area contributed by atoms with Gasteiger partial charge in [0.15, 0.2) is 0 Å². The first kappa shape index (κ1) is 15.0. The summed E-state index contributed by atoms with van der Waals surface area (Å²) < 4.78 is 18.7. The second kappa shape index (κ2) is 5.70. The van der Waals surface area contributed by atoms with Gasteiger partial charge in [-0.2, -0.15) is 5.26 Å². The van der Waals surface area contributed by atoms with Gasteiger partial charge in [-0.25, -0.2) is 9.18 Å². The number of benzene rings is 1. The number of nitriles is 1. The molecule has 0 radical (unpaired) electrons. The van der Waals surface area contributed by atoms with Crippen LogP contribution in [0.1, 0.15) is 31.9 Å².